The first-order chi connectivity index (χ1) is 14.5. The Balaban J connectivity index is 1.47. The fourth-order valence-electron chi connectivity index (χ4n) is 3.56. The second kappa shape index (κ2) is 8.45. The monoisotopic (exact) mass is 487 g/mol. The molecule has 2 aromatic carbocycles. The number of nitrogens with one attached hydrogen (secondary N) is 2. The first kappa shape index (κ1) is 20.4. The van der Waals surface area contributed by atoms with E-state index in [4.69, 9.17) is 0 Å². The number of halogens is 1. The lowest BCUT2D eigenvalue weighted by molar-refractivity contribution is -0.125. The number of hydrogen-bond acceptors (Lipinski definition) is 5. The number of hydrogen-bond donors (Lipinski definition) is 3. The smallest absolute Gasteiger partial charge is 0.279 e. The SMILES string of the molecule is O=C(NNC(=O)C1CCCN1C(=O)c1ccc2ccccc2c1O)c1ccc(Br)s1. The highest BCUT2D eigenvalue weighted by atomic mass is 79.9. The number of thiophene rings is 1. The molecule has 1 aliphatic rings. The number of carbonyl (C=O) groups excluding carboxylic acids is 3. The minimum atomic E-state index is -0.723. The van der Waals surface area contributed by atoms with E-state index in [0.29, 0.717) is 29.6 Å². The van der Waals surface area contributed by atoms with Gasteiger partial charge in [0.15, 0.2) is 0 Å². The molecule has 0 saturated carbocycles. The predicted octanol–water partition coefficient (Wildman–Crippen LogP) is 3.44. The van der Waals surface area contributed by atoms with Crippen molar-refractivity contribution in [3.05, 3.63) is 62.8 Å². The molecule has 0 aliphatic carbocycles. The number of phenols is 1. The van der Waals surface area contributed by atoms with Gasteiger partial charge in [-0.05, 0) is 52.4 Å². The zero-order valence-corrected chi connectivity index (χ0v) is 18.1. The first-order valence-electron chi connectivity index (χ1n) is 9.33. The van der Waals surface area contributed by atoms with Crippen molar-refractivity contribution >= 4 is 55.8 Å². The van der Waals surface area contributed by atoms with Crippen molar-refractivity contribution in [3.8, 4) is 5.75 Å². The van der Waals surface area contributed by atoms with E-state index in [1.54, 1.807) is 36.4 Å². The zero-order chi connectivity index (χ0) is 21.3. The van der Waals surface area contributed by atoms with Crippen LogP contribution in [0.5, 0.6) is 5.75 Å². The Labute approximate surface area is 184 Å². The molecule has 154 valence electrons. The molecule has 0 spiro atoms. The summed E-state index contributed by atoms with van der Waals surface area (Å²) in [6.07, 6.45) is 1.14. The Kier molecular flexibility index (Phi) is 5.74. The van der Waals surface area contributed by atoms with Crippen LogP contribution in [-0.4, -0.2) is 40.3 Å². The van der Waals surface area contributed by atoms with Crippen LogP contribution in [0.25, 0.3) is 10.8 Å². The van der Waals surface area contributed by atoms with E-state index in [1.807, 2.05) is 12.1 Å². The molecule has 1 aromatic heterocycles. The molecule has 3 aromatic rings. The van der Waals surface area contributed by atoms with Crippen LogP contribution in [0.15, 0.2) is 52.3 Å². The number of carbonyl (C=O) groups is 3. The molecular formula is C21H18BrN3O4S. The minimum absolute atomic E-state index is 0.0965. The van der Waals surface area contributed by atoms with Gasteiger partial charge in [0.05, 0.1) is 14.2 Å². The summed E-state index contributed by atoms with van der Waals surface area (Å²) in [5.41, 5.74) is 4.95. The molecule has 1 fully saturated rings. The van der Waals surface area contributed by atoms with Gasteiger partial charge in [0.2, 0.25) is 0 Å². The summed E-state index contributed by atoms with van der Waals surface area (Å²) in [4.78, 5) is 39.7. The lowest BCUT2D eigenvalue weighted by Gasteiger charge is -2.24. The molecule has 9 heteroatoms. The molecule has 1 aliphatic heterocycles. The summed E-state index contributed by atoms with van der Waals surface area (Å²) >= 11 is 4.53. The van der Waals surface area contributed by atoms with Crippen LogP contribution in [0, 0.1) is 0 Å². The average Bonchev–Trinajstić information content (AvgIpc) is 3.41. The number of likely N-dealkylation sites (tertiary alicyclic amines) is 1. The third-order valence-electron chi connectivity index (χ3n) is 5.04. The summed E-state index contributed by atoms with van der Waals surface area (Å²) in [6.45, 7) is 0.398. The van der Waals surface area contributed by atoms with Gasteiger partial charge in [-0.3, -0.25) is 25.2 Å². The molecule has 0 bridgehead atoms. The maximum Gasteiger partial charge on any atom is 0.279 e. The van der Waals surface area contributed by atoms with Gasteiger partial charge in [0.1, 0.15) is 11.8 Å². The molecule has 0 radical (unpaired) electrons. The normalized spacial score (nSPS) is 15.9. The topological polar surface area (TPSA) is 98.7 Å². The summed E-state index contributed by atoms with van der Waals surface area (Å²) < 4.78 is 0.807. The van der Waals surface area contributed by atoms with Crippen molar-refractivity contribution in [3.63, 3.8) is 0 Å². The van der Waals surface area contributed by atoms with Crippen LogP contribution in [0.1, 0.15) is 32.9 Å². The summed E-state index contributed by atoms with van der Waals surface area (Å²) in [5, 5.41) is 12.0. The van der Waals surface area contributed by atoms with Crippen LogP contribution < -0.4 is 10.9 Å². The van der Waals surface area contributed by atoms with Gasteiger partial charge in [-0.2, -0.15) is 0 Å². The molecule has 4 rings (SSSR count). The van der Waals surface area contributed by atoms with Crippen LogP contribution in [0.3, 0.4) is 0 Å². The molecule has 2 heterocycles. The second-order valence-corrected chi connectivity index (χ2v) is 9.35. The van der Waals surface area contributed by atoms with E-state index in [9.17, 15) is 19.5 Å². The Hall–Kier alpha value is -2.91. The van der Waals surface area contributed by atoms with Gasteiger partial charge in [0.25, 0.3) is 17.7 Å². The molecule has 3 amide bonds. The maximum atomic E-state index is 13.1. The molecule has 7 nitrogen and oxygen atoms in total. The van der Waals surface area contributed by atoms with Crippen LogP contribution in [-0.2, 0) is 4.79 Å². The highest BCUT2D eigenvalue weighted by Gasteiger charge is 2.35. The number of nitrogens with zero attached hydrogens (tertiary/aromatic N) is 1. The van der Waals surface area contributed by atoms with Crippen molar-refractivity contribution in [2.24, 2.45) is 0 Å². The number of amides is 3. The van der Waals surface area contributed by atoms with E-state index in [-0.39, 0.29) is 11.3 Å². The van der Waals surface area contributed by atoms with Crippen molar-refractivity contribution < 1.29 is 19.5 Å². The summed E-state index contributed by atoms with van der Waals surface area (Å²) in [7, 11) is 0. The van der Waals surface area contributed by atoms with Crippen LogP contribution in [0.2, 0.25) is 0 Å². The molecular weight excluding hydrogens is 470 g/mol. The first-order valence-corrected chi connectivity index (χ1v) is 10.9. The van der Waals surface area contributed by atoms with E-state index in [0.717, 1.165) is 9.17 Å². The Morgan fingerprint density at radius 3 is 2.63 bits per heavy atom. The predicted molar refractivity (Wildman–Crippen MR) is 117 cm³/mol. The minimum Gasteiger partial charge on any atom is -0.506 e. The van der Waals surface area contributed by atoms with Crippen molar-refractivity contribution in [2.75, 3.05) is 6.54 Å². The van der Waals surface area contributed by atoms with Crippen LogP contribution in [0.4, 0.5) is 0 Å². The number of hydrazine groups is 1. The molecule has 1 atom stereocenters. The largest absolute Gasteiger partial charge is 0.506 e. The summed E-state index contributed by atoms with van der Waals surface area (Å²) in [6, 6.07) is 13.2. The third kappa shape index (κ3) is 3.90. The summed E-state index contributed by atoms with van der Waals surface area (Å²) in [5.74, 6) is -1.41. The standard InChI is InChI=1S/C21H18BrN3O4S/c22-17-10-9-16(30-17)20(28)24-23-19(27)15-6-3-11-25(15)21(29)14-8-7-12-4-1-2-5-13(12)18(14)26/h1-2,4-5,7-10,15,26H,3,6,11H2,(H,23,27)(H,24,28). The van der Waals surface area contributed by atoms with Crippen molar-refractivity contribution in [1.29, 1.82) is 0 Å². The van der Waals surface area contributed by atoms with Gasteiger partial charge in [-0.1, -0.05) is 30.3 Å². The van der Waals surface area contributed by atoms with E-state index < -0.39 is 23.8 Å². The quantitative estimate of drug-likeness (QED) is 0.492. The van der Waals surface area contributed by atoms with E-state index in [1.165, 1.54) is 16.2 Å². The van der Waals surface area contributed by atoms with Gasteiger partial charge in [0, 0.05) is 11.9 Å². The van der Waals surface area contributed by atoms with Gasteiger partial charge < -0.3 is 10.0 Å². The van der Waals surface area contributed by atoms with Crippen LogP contribution >= 0.6 is 27.3 Å². The van der Waals surface area contributed by atoms with Crippen molar-refractivity contribution in [2.45, 2.75) is 18.9 Å². The van der Waals surface area contributed by atoms with Gasteiger partial charge in [-0.15, -0.1) is 11.3 Å². The fourth-order valence-corrected chi connectivity index (χ4v) is 4.85. The molecule has 3 N–H and O–H groups in total. The highest BCUT2D eigenvalue weighted by Crippen LogP contribution is 2.31. The zero-order valence-electron chi connectivity index (χ0n) is 15.7. The Morgan fingerprint density at radius 2 is 1.87 bits per heavy atom. The highest BCUT2D eigenvalue weighted by molar-refractivity contribution is 9.11. The van der Waals surface area contributed by atoms with Gasteiger partial charge in [-0.25, -0.2) is 0 Å². The molecule has 30 heavy (non-hydrogen) atoms. The second-order valence-electron chi connectivity index (χ2n) is 6.89. The number of benzene rings is 2. The third-order valence-corrected chi connectivity index (χ3v) is 6.67. The Bertz CT molecular complexity index is 1150. The fraction of sp³-hybridized carbons (Fsp3) is 0.190. The number of rotatable bonds is 3. The van der Waals surface area contributed by atoms with Crippen molar-refractivity contribution in [1.82, 2.24) is 15.8 Å². The maximum absolute atomic E-state index is 13.1. The molecule has 1 unspecified atom stereocenters. The number of phenolic OH excluding ortho intramolecular Hbond substituents is 1. The molecule has 1 saturated heterocycles. The lowest BCUT2D eigenvalue weighted by atomic mass is 10.0. The number of aromatic hydroxyl groups is 1. The average molecular weight is 488 g/mol. The van der Waals surface area contributed by atoms with E-state index in [2.05, 4.69) is 26.8 Å². The lowest BCUT2D eigenvalue weighted by Crippen LogP contribution is -2.51. The van der Waals surface area contributed by atoms with Gasteiger partial charge >= 0.3 is 0 Å². The Morgan fingerprint density at radius 1 is 1.07 bits per heavy atom. The number of fused-ring (bicyclic) bond motifs is 1. The van der Waals surface area contributed by atoms with E-state index >= 15 is 0 Å².